The minimum Gasteiger partial charge on any atom is -0.860 e. The molecule has 0 N–H and O–H groups in total. The summed E-state index contributed by atoms with van der Waals surface area (Å²) in [6.45, 7) is 2.77. The van der Waals surface area contributed by atoms with E-state index in [-0.39, 0.29) is 11.7 Å². The molecule has 0 aromatic heterocycles. The van der Waals surface area contributed by atoms with Gasteiger partial charge < -0.3 is 9.67 Å². The van der Waals surface area contributed by atoms with Crippen molar-refractivity contribution >= 4 is 10.9 Å². The van der Waals surface area contributed by atoms with Crippen molar-refractivity contribution in [2.24, 2.45) is 0 Å². The van der Waals surface area contributed by atoms with Crippen molar-refractivity contribution in [3.05, 3.63) is 42.2 Å². The third-order valence-electron chi connectivity index (χ3n) is 3.57. The number of aryl methyl sites for hydroxylation is 1. The quantitative estimate of drug-likeness (QED) is 0.701. The topological polar surface area (TPSA) is 28.0 Å². The molecule has 1 aromatic rings. The molecular formula is C16H15FNO-. The van der Waals surface area contributed by atoms with Gasteiger partial charge in [0.05, 0.1) is 0 Å². The fourth-order valence-corrected chi connectivity index (χ4v) is 2.59. The molecule has 0 bridgehead atoms. The van der Waals surface area contributed by atoms with Crippen molar-refractivity contribution in [2.75, 3.05) is 0 Å². The van der Waals surface area contributed by atoms with E-state index in [4.69, 9.17) is 0 Å². The normalized spacial score (nSPS) is 11.5. The number of rotatable bonds is 3. The number of nitrogens with zero attached hydrogens (tertiary/aromatic N) is 1. The molecule has 3 heteroatoms. The van der Waals surface area contributed by atoms with Crippen molar-refractivity contribution in [3.63, 3.8) is 0 Å². The van der Waals surface area contributed by atoms with E-state index in [0.29, 0.717) is 12.1 Å². The first-order valence-corrected chi connectivity index (χ1v) is 6.60. The van der Waals surface area contributed by atoms with Gasteiger partial charge in [0.15, 0.2) is 0 Å². The standard InChI is InChI=1S/C16H16FNO/c1-2-3-9-18-15-8-7-11(17)10-14(15)12-5-4-6-13(12)16(18)19/h4-8,10,19H,2-3,9H2,1H3/p-1. The zero-order valence-corrected chi connectivity index (χ0v) is 10.8. The molecule has 0 saturated carbocycles. The van der Waals surface area contributed by atoms with Crippen molar-refractivity contribution < 1.29 is 9.50 Å². The van der Waals surface area contributed by atoms with Gasteiger partial charge in [-0.05, 0) is 41.6 Å². The van der Waals surface area contributed by atoms with Gasteiger partial charge in [-0.15, -0.1) is 0 Å². The molecular weight excluding hydrogens is 241 g/mol. The first-order chi connectivity index (χ1) is 9.22. The minimum atomic E-state index is -0.268. The van der Waals surface area contributed by atoms with Crippen LogP contribution in [-0.2, 0) is 6.54 Å². The van der Waals surface area contributed by atoms with Crippen LogP contribution in [0.2, 0.25) is 0 Å². The second-order valence-electron chi connectivity index (χ2n) is 4.82. The smallest absolute Gasteiger partial charge is 0.123 e. The van der Waals surface area contributed by atoms with Gasteiger partial charge in [-0.1, -0.05) is 31.5 Å². The summed E-state index contributed by atoms with van der Waals surface area (Å²) in [5.74, 6) is -0.247. The largest absolute Gasteiger partial charge is 0.860 e. The molecule has 1 heterocycles. The Bertz CT molecular complexity index is 702. The molecule has 1 aliphatic carbocycles. The summed E-state index contributed by atoms with van der Waals surface area (Å²) in [6, 6.07) is 10.2. The van der Waals surface area contributed by atoms with Crippen LogP contribution in [0.3, 0.4) is 0 Å². The Morgan fingerprint density at radius 2 is 1.95 bits per heavy atom. The molecule has 0 atom stereocenters. The van der Waals surface area contributed by atoms with Crippen molar-refractivity contribution in [1.82, 2.24) is 4.57 Å². The monoisotopic (exact) mass is 256 g/mol. The Labute approximate surface area is 111 Å². The fraction of sp³-hybridized carbons (Fsp3) is 0.250. The number of fused-ring (bicyclic) bond motifs is 3. The maximum Gasteiger partial charge on any atom is 0.123 e. The molecule has 0 spiro atoms. The predicted octanol–water partition coefficient (Wildman–Crippen LogP) is 3.76. The van der Waals surface area contributed by atoms with Crippen LogP contribution in [0.15, 0.2) is 36.4 Å². The Kier molecular flexibility index (Phi) is 2.90. The summed E-state index contributed by atoms with van der Waals surface area (Å²) in [4.78, 5) is 0. The lowest BCUT2D eigenvalue weighted by Gasteiger charge is -2.25. The molecule has 2 nitrogen and oxygen atoms in total. The number of benzene rings is 1. The van der Waals surface area contributed by atoms with Gasteiger partial charge in [-0.3, -0.25) is 0 Å². The van der Waals surface area contributed by atoms with Crippen molar-refractivity contribution in [1.29, 1.82) is 0 Å². The maximum atomic E-state index is 13.5. The molecule has 0 radical (unpaired) electrons. The summed E-state index contributed by atoms with van der Waals surface area (Å²) >= 11 is 0. The molecule has 2 aliphatic rings. The Morgan fingerprint density at radius 3 is 2.74 bits per heavy atom. The summed E-state index contributed by atoms with van der Waals surface area (Å²) in [5, 5.41) is 13.3. The molecule has 1 aliphatic heterocycles. The number of hydrogen-bond acceptors (Lipinski definition) is 1. The highest BCUT2D eigenvalue weighted by atomic mass is 19.1. The van der Waals surface area contributed by atoms with Crippen LogP contribution in [0.1, 0.15) is 19.8 Å². The highest BCUT2D eigenvalue weighted by Crippen LogP contribution is 2.38. The van der Waals surface area contributed by atoms with Crippen LogP contribution >= 0.6 is 0 Å². The first kappa shape index (κ1) is 12.0. The summed E-state index contributed by atoms with van der Waals surface area (Å²) in [5.41, 5.74) is 2.33. The van der Waals surface area contributed by atoms with E-state index in [1.807, 2.05) is 18.2 Å². The van der Waals surface area contributed by atoms with E-state index in [1.54, 1.807) is 10.6 Å². The number of halogens is 1. The van der Waals surface area contributed by atoms with E-state index >= 15 is 0 Å². The van der Waals surface area contributed by atoms with Gasteiger partial charge in [0.2, 0.25) is 0 Å². The Morgan fingerprint density at radius 1 is 1.16 bits per heavy atom. The molecule has 0 fully saturated rings. The number of pyridine rings is 1. The van der Waals surface area contributed by atoms with Crippen LogP contribution in [0.5, 0.6) is 5.88 Å². The molecule has 19 heavy (non-hydrogen) atoms. The average molecular weight is 256 g/mol. The van der Waals surface area contributed by atoms with Gasteiger partial charge in [-0.25, -0.2) is 4.39 Å². The molecule has 0 amide bonds. The summed E-state index contributed by atoms with van der Waals surface area (Å²) in [6.07, 6.45) is 1.97. The fourth-order valence-electron chi connectivity index (χ4n) is 2.59. The van der Waals surface area contributed by atoms with E-state index in [1.165, 1.54) is 12.1 Å². The molecule has 0 saturated heterocycles. The van der Waals surface area contributed by atoms with Crippen LogP contribution in [0.4, 0.5) is 4.39 Å². The van der Waals surface area contributed by atoms with E-state index < -0.39 is 0 Å². The van der Waals surface area contributed by atoms with Gasteiger partial charge in [0, 0.05) is 17.4 Å². The Hall–Kier alpha value is -2.03. The van der Waals surface area contributed by atoms with Crippen LogP contribution in [0.25, 0.3) is 22.0 Å². The van der Waals surface area contributed by atoms with Crippen LogP contribution in [-0.4, -0.2) is 4.57 Å². The highest BCUT2D eigenvalue weighted by Gasteiger charge is 2.13. The predicted molar refractivity (Wildman–Crippen MR) is 72.9 cm³/mol. The highest BCUT2D eigenvalue weighted by molar-refractivity contribution is 5.98. The lowest BCUT2D eigenvalue weighted by Crippen LogP contribution is -2.10. The van der Waals surface area contributed by atoms with Crippen molar-refractivity contribution in [2.45, 2.75) is 26.3 Å². The number of unbranched alkanes of at least 4 members (excludes halogenated alkanes) is 1. The molecule has 0 unspecified atom stereocenters. The molecule has 3 rings (SSSR count). The summed E-state index contributed by atoms with van der Waals surface area (Å²) in [7, 11) is 0. The SMILES string of the molecule is CCCCn1c([O-])c2cccc-2c2cc(F)ccc21. The van der Waals surface area contributed by atoms with E-state index in [9.17, 15) is 9.50 Å². The van der Waals surface area contributed by atoms with Gasteiger partial charge in [0.25, 0.3) is 0 Å². The first-order valence-electron chi connectivity index (χ1n) is 6.60. The van der Waals surface area contributed by atoms with Crippen molar-refractivity contribution in [3.8, 4) is 17.0 Å². The van der Waals surface area contributed by atoms with Crippen LogP contribution < -0.4 is 5.11 Å². The number of hydrogen-bond donors (Lipinski definition) is 0. The van der Waals surface area contributed by atoms with Crippen LogP contribution in [0, 0.1) is 5.82 Å². The maximum absolute atomic E-state index is 13.5. The Balaban J connectivity index is 2.36. The second-order valence-corrected chi connectivity index (χ2v) is 4.82. The van der Waals surface area contributed by atoms with Gasteiger partial charge in [-0.2, -0.15) is 0 Å². The summed E-state index contributed by atoms with van der Waals surface area (Å²) < 4.78 is 15.2. The molecule has 1 aromatic carbocycles. The van der Waals surface area contributed by atoms with E-state index in [0.717, 1.165) is 29.3 Å². The lowest BCUT2D eigenvalue weighted by molar-refractivity contribution is -0.278. The third-order valence-corrected chi connectivity index (χ3v) is 3.57. The van der Waals surface area contributed by atoms with E-state index in [2.05, 4.69) is 6.92 Å². The minimum absolute atomic E-state index is 0.0209. The zero-order valence-electron chi connectivity index (χ0n) is 10.8. The lowest BCUT2D eigenvalue weighted by atomic mass is 10.0. The molecule has 98 valence electrons. The zero-order chi connectivity index (χ0) is 13.4. The third kappa shape index (κ3) is 1.86. The number of aromatic nitrogens is 1. The average Bonchev–Trinajstić information content (AvgIpc) is 2.89. The van der Waals surface area contributed by atoms with Gasteiger partial charge in [0.1, 0.15) is 5.82 Å². The second kappa shape index (κ2) is 4.57. The van der Waals surface area contributed by atoms with Gasteiger partial charge >= 0.3 is 0 Å².